The average Bonchev–Trinajstić information content (AvgIpc) is 3.07. The van der Waals surface area contributed by atoms with E-state index in [1.165, 1.54) is 0 Å². The summed E-state index contributed by atoms with van der Waals surface area (Å²) in [4.78, 5) is 33.6. The number of hydrogen-bond acceptors (Lipinski definition) is 7. The van der Waals surface area contributed by atoms with E-state index in [9.17, 15) is 14.7 Å². The van der Waals surface area contributed by atoms with Gasteiger partial charge in [-0.3, -0.25) is 9.59 Å². The molecule has 0 bridgehead atoms. The van der Waals surface area contributed by atoms with Gasteiger partial charge >= 0.3 is 4.87 Å². The normalized spacial score (nSPS) is 12.8. The maximum Gasteiger partial charge on any atom is 0.307 e. The number of carbonyl (C=O) groups excluding carboxylic acids is 1. The number of aliphatic hydroxyl groups is 1. The van der Waals surface area contributed by atoms with E-state index < -0.39 is 11.5 Å². The first-order valence-corrected chi connectivity index (χ1v) is 10.6. The molecule has 0 saturated carbocycles. The van der Waals surface area contributed by atoms with E-state index in [4.69, 9.17) is 5.73 Å². The van der Waals surface area contributed by atoms with Crippen LogP contribution in [0.15, 0.2) is 71.7 Å². The first kappa shape index (κ1) is 21.4. The van der Waals surface area contributed by atoms with Gasteiger partial charge in [0.1, 0.15) is 0 Å². The highest BCUT2D eigenvalue weighted by Gasteiger charge is 2.37. The van der Waals surface area contributed by atoms with E-state index in [1.54, 1.807) is 78.5 Å². The van der Waals surface area contributed by atoms with Crippen LogP contribution in [-0.2, 0) is 17.4 Å². The van der Waals surface area contributed by atoms with Crippen LogP contribution in [0.25, 0.3) is 10.6 Å². The van der Waals surface area contributed by atoms with E-state index in [0.29, 0.717) is 28.5 Å². The molecular formula is C23H21N5O3S. The fraction of sp³-hybridized carbons (Fsp3) is 0.130. The quantitative estimate of drug-likeness (QED) is 0.418. The highest BCUT2D eigenvalue weighted by atomic mass is 32.1. The Hall–Kier alpha value is -3.82. The van der Waals surface area contributed by atoms with Crippen molar-refractivity contribution in [1.82, 2.24) is 14.5 Å². The van der Waals surface area contributed by atoms with Crippen molar-refractivity contribution in [3.63, 3.8) is 0 Å². The van der Waals surface area contributed by atoms with Gasteiger partial charge in [0.15, 0.2) is 5.60 Å². The standard InChI is InChI=1S/C23H21N5O3S/c1-14-19(32-22(30)28(14)2)18-12-13-25-21(27-18)26-17-10-8-16(9-11-17)23(31,20(24)29)15-6-4-3-5-7-15/h3-13,31H,1-2H3,(H2,24,29)(H,25,26,27). The largest absolute Gasteiger partial charge is 0.372 e. The van der Waals surface area contributed by atoms with E-state index in [0.717, 1.165) is 21.9 Å². The SMILES string of the molecule is Cc1c(-c2ccnc(Nc3ccc(C(O)(C(N)=O)c4ccccc4)cc3)n2)sc(=O)n1C. The van der Waals surface area contributed by atoms with Crippen LogP contribution in [0.5, 0.6) is 0 Å². The molecule has 0 fully saturated rings. The van der Waals surface area contributed by atoms with Crippen LogP contribution >= 0.6 is 11.3 Å². The maximum atomic E-state index is 12.1. The Labute approximate surface area is 188 Å². The van der Waals surface area contributed by atoms with Gasteiger partial charge < -0.3 is 20.7 Å². The summed E-state index contributed by atoms with van der Waals surface area (Å²) in [6, 6.07) is 17.0. The predicted octanol–water partition coefficient (Wildman–Crippen LogP) is 2.68. The van der Waals surface area contributed by atoms with Gasteiger partial charge in [0, 0.05) is 24.6 Å². The minimum Gasteiger partial charge on any atom is -0.372 e. The molecule has 0 radical (unpaired) electrons. The molecule has 4 N–H and O–H groups in total. The number of hydrogen-bond donors (Lipinski definition) is 3. The van der Waals surface area contributed by atoms with Crippen molar-refractivity contribution >= 4 is 28.9 Å². The fourth-order valence-corrected chi connectivity index (χ4v) is 4.31. The van der Waals surface area contributed by atoms with Gasteiger partial charge in [-0.25, -0.2) is 9.97 Å². The molecule has 0 aliphatic heterocycles. The molecule has 2 aromatic heterocycles. The average molecular weight is 448 g/mol. The highest BCUT2D eigenvalue weighted by molar-refractivity contribution is 7.13. The Morgan fingerprint density at radius 1 is 1.09 bits per heavy atom. The van der Waals surface area contributed by atoms with Crippen LogP contribution in [0.4, 0.5) is 11.6 Å². The molecule has 2 heterocycles. The van der Waals surface area contributed by atoms with Gasteiger partial charge in [-0.1, -0.05) is 53.8 Å². The van der Waals surface area contributed by atoms with Gasteiger partial charge in [-0.05, 0) is 36.2 Å². The van der Waals surface area contributed by atoms with Crippen LogP contribution in [-0.4, -0.2) is 25.5 Å². The number of carbonyl (C=O) groups is 1. The number of anilines is 2. The summed E-state index contributed by atoms with van der Waals surface area (Å²) < 4.78 is 1.58. The van der Waals surface area contributed by atoms with Gasteiger partial charge in [-0.2, -0.15) is 0 Å². The van der Waals surface area contributed by atoms with Crippen LogP contribution in [0.2, 0.25) is 0 Å². The van der Waals surface area contributed by atoms with Crippen molar-refractivity contribution in [1.29, 1.82) is 0 Å². The molecule has 9 heteroatoms. The van der Waals surface area contributed by atoms with E-state index in [2.05, 4.69) is 15.3 Å². The van der Waals surface area contributed by atoms with Crippen LogP contribution in [0, 0.1) is 6.92 Å². The zero-order valence-electron chi connectivity index (χ0n) is 17.4. The maximum absolute atomic E-state index is 12.1. The molecule has 1 amide bonds. The number of nitrogens with two attached hydrogens (primary N) is 1. The Morgan fingerprint density at radius 3 is 2.34 bits per heavy atom. The second-order valence-electron chi connectivity index (χ2n) is 7.25. The van der Waals surface area contributed by atoms with Crippen molar-refractivity contribution < 1.29 is 9.90 Å². The lowest BCUT2D eigenvalue weighted by molar-refractivity contribution is -0.133. The van der Waals surface area contributed by atoms with Gasteiger partial charge in [-0.15, -0.1) is 0 Å². The van der Waals surface area contributed by atoms with Crippen molar-refractivity contribution in [3.05, 3.63) is 93.3 Å². The van der Waals surface area contributed by atoms with Crippen molar-refractivity contribution in [2.75, 3.05) is 5.32 Å². The minimum absolute atomic E-state index is 0.0541. The number of nitrogens with one attached hydrogen (secondary N) is 1. The van der Waals surface area contributed by atoms with E-state index >= 15 is 0 Å². The minimum atomic E-state index is -1.95. The molecule has 2 aromatic carbocycles. The Kier molecular flexibility index (Phi) is 5.60. The zero-order valence-corrected chi connectivity index (χ0v) is 18.3. The number of aromatic nitrogens is 3. The third-order valence-electron chi connectivity index (χ3n) is 5.29. The summed E-state index contributed by atoms with van der Waals surface area (Å²) in [7, 11) is 1.72. The second kappa shape index (κ2) is 8.37. The summed E-state index contributed by atoms with van der Waals surface area (Å²) in [5, 5.41) is 14.2. The summed E-state index contributed by atoms with van der Waals surface area (Å²) >= 11 is 1.13. The van der Waals surface area contributed by atoms with Crippen molar-refractivity contribution in [2.45, 2.75) is 12.5 Å². The molecule has 162 valence electrons. The Balaban J connectivity index is 1.61. The summed E-state index contributed by atoms with van der Waals surface area (Å²) in [5.74, 6) is -0.510. The topological polar surface area (TPSA) is 123 Å². The fourth-order valence-electron chi connectivity index (χ4n) is 3.36. The molecule has 1 atom stereocenters. The van der Waals surface area contributed by atoms with Crippen molar-refractivity contribution in [3.8, 4) is 10.6 Å². The molecule has 8 nitrogen and oxygen atoms in total. The molecule has 32 heavy (non-hydrogen) atoms. The number of primary amides is 1. The monoisotopic (exact) mass is 447 g/mol. The Bertz CT molecular complexity index is 1330. The van der Waals surface area contributed by atoms with E-state index in [-0.39, 0.29) is 4.87 Å². The molecular weight excluding hydrogens is 426 g/mol. The van der Waals surface area contributed by atoms with E-state index in [1.807, 2.05) is 6.92 Å². The number of nitrogens with zero attached hydrogens (tertiary/aromatic N) is 3. The first-order chi connectivity index (χ1) is 15.3. The second-order valence-corrected chi connectivity index (χ2v) is 8.21. The van der Waals surface area contributed by atoms with Crippen molar-refractivity contribution in [2.24, 2.45) is 12.8 Å². The summed E-state index contributed by atoms with van der Waals surface area (Å²) in [6.07, 6.45) is 1.61. The highest BCUT2D eigenvalue weighted by Crippen LogP contribution is 2.31. The molecule has 0 saturated heterocycles. The number of amides is 1. The number of benzene rings is 2. The molecule has 4 rings (SSSR count). The summed E-state index contributed by atoms with van der Waals surface area (Å²) in [6.45, 7) is 1.87. The van der Waals surface area contributed by atoms with Crippen LogP contribution in [0.1, 0.15) is 16.8 Å². The molecule has 0 aliphatic rings. The Morgan fingerprint density at radius 2 is 1.75 bits per heavy atom. The molecule has 1 unspecified atom stereocenters. The van der Waals surface area contributed by atoms with Crippen LogP contribution in [0.3, 0.4) is 0 Å². The molecule has 0 spiro atoms. The van der Waals surface area contributed by atoms with Gasteiger partial charge in [0.05, 0.1) is 10.6 Å². The van der Waals surface area contributed by atoms with Gasteiger partial charge in [0.2, 0.25) is 5.95 Å². The zero-order chi connectivity index (χ0) is 22.9. The molecule has 4 aromatic rings. The summed E-state index contributed by atoms with van der Waals surface area (Å²) in [5.41, 5.74) is 6.47. The third-order valence-corrected chi connectivity index (χ3v) is 6.45. The van der Waals surface area contributed by atoms with Gasteiger partial charge in [0.25, 0.3) is 5.91 Å². The smallest absolute Gasteiger partial charge is 0.307 e. The lowest BCUT2D eigenvalue weighted by atomic mass is 9.85. The lowest BCUT2D eigenvalue weighted by Gasteiger charge is -2.25. The predicted molar refractivity (Wildman–Crippen MR) is 124 cm³/mol. The van der Waals surface area contributed by atoms with Crippen LogP contribution < -0.4 is 15.9 Å². The lowest BCUT2D eigenvalue weighted by Crippen LogP contribution is -2.42. The number of thiazole rings is 1. The third kappa shape index (κ3) is 3.79. The molecule has 0 aliphatic carbocycles. The number of rotatable bonds is 6. The first-order valence-electron chi connectivity index (χ1n) is 9.76.